The zero-order valence-electron chi connectivity index (χ0n) is 40.3. The van der Waals surface area contributed by atoms with Gasteiger partial charge in [-0.05, 0) is 99.7 Å². The van der Waals surface area contributed by atoms with Gasteiger partial charge in [0.2, 0.25) is 0 Å². The number of fused-ring (bicyclic) bond motifs is 5. The monoisotopic (exact) mass is 963 g/mol. The fourth-order valence-corrected chi connectivity index (χ4v) is 14.2. The zero-order valence-corrected chi connectivity index (χ0v) is 40.3. The van der Waals surface area contributed by atoms with E-state index in [-0.39, 0.29) is 34.5 Å². The van der Waals surface area contributed by atoms with Crippen LogP contribution in [0.3, 0.4) is 0 Å². The van der Waals surface area contributed by atoms with Crippen LogP contribution < -0.4 is 0 Å². The van der Waals surface area contributed by atoms with E-state index in [1.807, 2.05) is 0 Å². The lowest BCUT2D eigenvalue weighted by atomic mass is 9.38. The van der Waals surface area contributed by atoms with Crippen LogP contribution >= 0.6 is 0 Å². The third-order valence-electron chi connectivity index (χ3n) is 18.8. The van der Waals surface area contributed by atoms with Gasteiger partial charge in [0.15, 0.2) is 18.9 Å². The van der Waals surface area contributed by atoms with Gasteiger partial charge in [0, 0.05) is 10.8 Å². The molecule has 7 rings (SSSR count). The number of aliphatic hydroxyl groups excluding tert-OH is 13. The molecule has 25 atom stereocenters. The summed E-state index contributed by atoms with van der Waals surface area (Å²) in [5.74, 6) is 0.558. The van der Waals surface area contributed by atoms with Crippen LogP contribution in [0, 0.1) is 45.3 Å². The Bertz CT molecular complexity index is 1710. The third-order valence-corrected chi connectivity index (χ3v) is 18.8. The standard InChI is InChI=1S/C48H82O19/c1-21(9-13-29(52)45(4,5)67-42-39(61)36(58)33(55)26(19-50)63-42)22-15-16-46(6)28-12-10-23-24(48(28,8)30(53)17-47(22,46)7)11-14-31(44(23,2)3)65-43-40(37(59)34(56)27(20-51)64-43)66-41-38(60)35(57)32(54)25(18-49)62-41/h10,21-22,24-43,49-61H,9,11-20H2,1-8H3/t21-,22-,24-,25-,26-,27-,28+,29-,30-,31+,32-,33-,34-,35+,36+,37+,38-,39-,40-,41+,42+,43+,46+,47-,48+/m1/s1. The van der Waals surface area contributed by atoms with Crippen molar-refractivity contribution in [1.29, 1.82) is 0 Å². The first-order valence-electron chi connectivity index (χ1n) is 24.5. The Morgan fingerprint density at radius 2 is 1.19 bits per heavy atom. The van der Waals surface area contributed by atoms with E-state index in [1.54, 1.807) is 13.8 Å². The van der Waals surface area contributed by atoms with Crippen molar-refractivity contribution in [3.05, 3.63) is 11.6 Å². The lowest BCUT2D eigenvalue weighted by Gasteiger charge is -2.67. The second-order valence-electron chi connectivity index (χ2n) is 23.0. The molecule has 0 aromatic rings. The Hall–Kier alpha value is -1.02. The minimum atomic E-state index is -1.79. The van der Waals surface area contributed by atoms with Crippen LogP contribution in [0.1, 0.15) is 107 Å². The van der Waals surface area contributed by atoms with Crippen LogP contribution in [-0.4, -0.2) is 202 Å². The van der Waals surface area contributed by atoms with Crippen molar-refractivity contribution in [2.75, 3.05) is 19.8 Å². The summed E-state index contributed by atoms with van der Waals surface area (Å²) in [6.07, 6.45) is -17.2. The molecular weight excluding hydrogens is 881 g/mol. The second kappa shape index (κ2) is 19.8. The molecule has 4 aliphatic carbocycles. The molecule has 0 amide bonds. The Morgan fingerprint density at radius 1 is 0.657 bits per heavy atom. The molecule has 3 saturated carbocycles. The summed E-state index contributed by atoms with van der Waals surface area (Å²) in [5.41, 5.74) is -1.57. The fraction of sp³-hybridized carbons (Fsp3) is 0.958. The van der Waals surface area contributed by atoms with Crippen LogP contribution in [0.2, 0.25) is 0 Å². The first kappa shape index (κ1) is 53.8. The third kappa shape index (κ3) is 9.03. The largest absolute Gasteiger partial charge is 0.394 e. The quantitative estimate of drug-likeness (QED) is 0.0924. The Morgan fingerprint density at radius 3 is 1.78 bits per heavy atom. The topological polar surface area (TPSA) is 318 Å². The SMILES string of the molecule is C[C@H](CC[C@@H](O)C(C)(C)O[C@@H]1O[C@H](CO)[C@@H](O)[C@H](O)[C@H]1O)[C@H]1CC[C@@]2(C)[C@@H]3CC=C4[C@@H](CC[C@H](O[C@@H]5O[C@H](CO)[C@@H](O)[C@H](O)[C@H]5O[C@@H]5O[C@H](CO)[C@@H](O)[C@H](O)[C@H]5O)C4(C)C)[C@]3(C)[C@H](O)C[C@]12C. The highest BCUT2D eigenvalue weighted by atomic mass is 16.8. The van der Waals surface area contributed by atoms with Crippen LogP contribution in [-0.2, 0) is 28.4 Å². The molecular formula is C48H82O19. The lowest BCUT2D eigenvalue weighted by molar-refractivity contribution is -0.375. The molecule has 19 heteroatoms. The van der Waals surface area contributed by atoms with Crippen LogP contribution in [0.4, 0.5) is 0 Å². The van der Waals surface area contributed by atoms with Gasteiger partial charge >= 0.3 is 0 Å². The molecule has 0 aromatic carbocycles. The summed E-state index contributed by atoms with van der Waals surface area (Å²) >= 11 is 0. The van der Waals surface area contributed by atoms with Crippen molar-refractivity contribution >= 4 is 0 Å². The van der Waals surface area contributed by atoms with E-state index in [1.165, 1.54) is 0 Å². The van der Waals surface area contributed by atoms with Gasteiger partial charge in [-0.2, -0.15) is 0 Å². The van der Waals surface area contributed by atoms with Gasteiger partial charge in [0.05, 0.1) is 43.7 Å². The lowest BCUT2D eigenvalue weighted by Crippen LogP contribution is -2.66. The average Bonchev–Trinajstić information content (AvgIpc) is 3.55. The summed E-state index contributed by atoms with van der Waals surface area (Å²) < 4.78 is 35.9. The normalized spacial score (nSPS) is 51.0. The maximum absolute atomic E-state index is 12.6. The Balaban J connectivity index is 1.05. The smallest absolute Gasteiger partial charge is 0.187 e. The highest BCUT2D eigenvalue weighted by molar-refractivity contribution is 5.32. The van der Waals surface area contributed by atoms with Gasteiger partial charge in [-0.25, -0.2) is 0 Å². The maximum Gasteiger partial charge on any atom is 0.187 e. The Labute approximate surface area is 393 Å². The molecule has 7 aliphatic rings. The van der Waals surface area contributed by atoms with E-state index in [2.05, 4.69) is 47.6 Å². The number of hydrogen-bond acceptors (Lipinski definition) is 19. The summed E-state index contributed by atoms with van der Waals surface area (Å²) in [5, 5.41) is 138. The number of aliphatic hydroxyl groups is 13. The average molecular weight is 963 g/mol. The molecule has 67 heavy (non-hydrogen) atoms. The van der Waals surface area contributed by atoms with Gasteiger partial charge in [0.25, 0.3) is 0 Å². The second-order valence-corrected chi connectivity index (χ2v) is 23.0. The molecule has 0 unspecified atom stereocenters. The van der Waals surface area contributed by atoms with E-state index in [0.29, 0.717) is 32.1 Å². The fourth-order valence-electron chi connectivity index (χ4n) is 14.2. The Kier molecular flexibility index (Phi) is 15.9. The maximum atomic E-state index is 12.6. The van der Waals surface area contributed by atoms with Crippen LogP contribution in [0.25, 0.3) is 0 Å². The highest BCUT2D eigenvalue weighted by Gasteiger charge is 2.70. The van der Waals surface area contributed by atoms with Crippen molar-refractivity contribution in [3.8, 4) is 0 Å². The van der Waals surface area contributed by atoms with Crippen molar-refractivity contribution in [3.63, 3.8) is 0 Å². The van der Waals surface area contributed by atoms with Gasteiger partial charge < -0.3 is 94.8 Å². The summed E-state index contributed by atoms with van der Waals surface area (Å²) in [4.78, 5) is 0. The first-order valence-corrected chi connectivity index (χ1v) is 24.5. The summed E-state index contributed by atoms with van der Waals surface area (Å²) in [7, 11) is 0. The zero-order chi connectivity index (χ0) is 49.5. The van der Waals surface area contributed by atoms with Gasteiger partial charge in [-0.1, -0.05) is 53.2 Å². The highest BCUT2D eigenvalue weighted by Crippen LogP contribution is 2.75. The number of allylic oxidation sites excluding steroid dienone is 1. The van der Waals surface area contributed by atoms with Crippen molar-refractivity contribution < 1.29 is 94.8 Å². The number of hydrogen-bond donors (Lipinski definition) is 13. The van der Waals surface area contributed by atoms with Crippen LogP contribution in [0.15, 0.2) is 11.6 Å². The summed E-state index contributed by atoms with van der Waals surface area (Å²) in [6, 6.07) is 0. The number of ether oxygens (including phenoxy) is 6. The number of rotatable bonds is 14. The van der Waals surface area contributed by atoms with Gasteiger partial charge in [0.1, 0.15) is 73.2 Å². The molecule has 19 nitrogen and oxygen atoms in total. The van der Waals surface area contributed by atoms with Crippen molar-refractivity contribution in [2.45, 2.75) is 223 Å². The van der Waals surface area contributed by atoms with E-state index in [4.69, 9.17) is 28.4 Å². The predicted molar refractivity (Wildman–Crippen MR) is 235 cm³/mol. The molecule has 6 fully saturated rings. The minimum Gasteiger partial charge on any atom is -0.394 e. The molecule has 0 bridgehead atoms. The van der Waals surface area contributed by atoms with Crippen LogP contribution in [0.5, 0.6) is 0 Å². The van der Waals surface area contributed by atoms with Gasteiger partial charge in [-0.15, -0.1) is 0 Å². The molecule has 388 valence electrons. The van der Waals surface area contributed by atoms with E-state index < -0.39 is 147 Å². The molecule has 0 radical (unpaired) electrons. The first-order chi connectivity index (χ1) is 31.2. The molecule has 13 N–H and O–H groups in total. The van der Waals surface area contributed by atoms with Gasteiger partial charge in [-0.3, -0.25) is 0 Å². The molecule has 0 aromatic heterocycles. The van der Waals surface area contributed by atoms with Crippen molar-refractivity contribution in [1.82, 2.24) is 0 Å². The molecule has 3 heterocycles. The molecule has 3 saturated heterocycles. The van der Waals surface area contributed by atoms with E-state index >= 15 is 0 Å². The van der Waals surface area contributed by atoms with E-state index in [0.717, 1.165) is 24.8 Å². The molecule has 0 spiro atoms. The predicted octanol–water partition coefficient (Wildman–Crippen LogP) is -1.06. The molecule has 3 aliphatic heterocycles. The van der Waals surface area contributed by atoms with Crippen molar-refractivity contribution in [2.24, 2.45) is 45.3 Å². The minimum absolute atomic E-state index is 0.000984. The van der Waals surface area contributed by atoms with E-state index in [9.17, 15) is 66.4 Å². The summed E-state index contributed by atoms with van der Waals surface area (Å²) in [6.45, 7) is 14.7.